The number of benzene rings is 1. The first-order chi connectivity index (χ1) is 7.70. The van der Waals surface area contributed by atoms with E-state index in [2.05, 4.69) is 15.9 Å². The number of halogens is 1. The molecule has 2 aromatic rings. The van der Waals surface area contributed by atoms with Crippen molar-refractivity contribution in [3.8, 4) is 0 Å². The molecule has 0 atom stereocenters. The smallest absolute Gasteiger partial charge is 0.228 e. The summed E-state index contributed by atoms with van der Waals surface area (Å²) in [6, 6.07) is 10.8. The maximum atomic E-state index is 11.9. The van der Waals surface area contributed by atoms with Crippen LogP contribution in [0, 0.1) is 0 Å². The lowest BCUT2D eigenvalue weighted by atomic mass is 10.1. The third-order valence-corrected chi connectivity index (χ3v) is 3.32. The number of ketones is 1. The van der Waals surface area contributed by atoms with Gasteiger partial charge in [0.2, 0.25) is 5.78 Å². The van der Waals surface area contributed by atoms with Gasteiger partial charge >= 0.3 is 0 Å². The van der Waals surface area contributed by atoms with E-state index in [0.717, 1.165) is 4.90 Å². The number of thioether (sulfide) groups is 1. The molecule has 82 valence electrons. The van der Waals surface area contributed by atoms with Gasteiger partial charge in [0.1, 0.15) is 0 Å². The molecule has 2 nitrogen and oxygen atoms in total. The minimum Gasteiger partial charge on any atom is -0.446 e. The van der Waals surface area contributed by atoms with Crippen LogP contribution in [0.2, 0.25) is 0 Å². The van der Waals surface area contributed by atoms with Gasteiger partial charge in [-0.15, -0.1) is 11.8 Å². The van der Waals surface area contributed by atoms with E-state index in [1.807, 2.05) is 30.5 Å². The number of rotatable bonds is 3. The molecule has 0 saturated heterocycles. The SMILES string of the molecule is CSc1ccc(C(=O)c2ccc(Br)o2)cc1. The Morgan fingerprint density at radius 2 is 1.88 bits per heavy atom. The maximum absolute atomic E-state index is 11.9. The lowest BCUT2D eigenvalue weighted by Crippen LogP contribution is -1.98. The van der Waals surface area contributed by atoms with E-state index < -0.39 is 0 Å². The molecule has 1 heterocycles. The van der Waals surface area contributed by atoms with Gasteiger partial charge in [0.25, 0.3) is 0 Å². The van der Waals surface area contributed by atoms with Gasteiger partial charge < -0.3 is 4.42 Å². The Morgan fingerprint density at radius 3 is 2.38 bits per heavy atom. The predicted molar refractivity (Wildman–Crippen MR) is 68.1 cm³/mol. The number of carbonyl (C=O) groups excluding carboxylic acids is 1. The van der Waals surface area contributed by atoms with Crippen LogP contribution < -0.4 is 0 Å². The molecule has 2 rings (SSSR count). The van der Waals surface area contributed by atoms with Crippen molar-refractivity contribution >= 4 is 33.5 Å². The Labute approximate surface area is 106 Å². The van der Waals surface area contributed by atoms with Crippen molar-refractivity contribution < 1.29 is 9.21 Å². The van der Waals surface area contributed by atoms with Gasteiger partial charge in [-0.25, -0.2) is 0 Å². The number of hydrogen-bond donors (Lipinski definition) is 0. The summed E-state index contributed by atoms with van der Waals surface area (Å²) in [5.74, 6) is 0.252. The van der Waals surface area contributed by atoms with Crippen LogP contribution in [-0.4, -0.2) is 12.0 Å². The summed E-state index contributed by atoms with van der Waals surface area (Å²) in [7, 11) is 0. The normalized spacial score (nSPS) is 10.4. The van der Waals surface area contributed by atoms with E-state index in [1.54, 1.807) is 23.9 Å². The summed E-state index contributed by atoms with van der Waals surface area (Å²) in [5, 5.41) is 0. The first-order valence-corrected chi connectivity index (χ1v) is 6.66. The zero-order valence-electron chi connectivity index (χ0n) is 8.57. The van der Waals surface area contributed by atoms with Crippen LogP contribution in [0.4, 0.5) is 0 Å². The molecule has 0 fully saturated rings. The van der Waals surface area contributed by atoms with Crippen LogP contribution in [0.1, 0.15) is 16.1 Å². The molecule has 0 amide bonds. The Bertz CT molecular complexity index is 502. The molecule has 16 heavy (non-hydrogen) atoms. The highest BCUT2D eigenvalue weighted by Gasteiger charge is 2.12. The van der Waals surface area contributed by atoms with Gasteiger partial charge in [-0.2, -0.15) is 0 Å². The molecule has 0 unspecified atom stereocenters. The second kappa shape index (κ2) is 4.89. The highest BCUT2D eigenvalue weighted by atomic mass is 79.9. The summed E-state index contributed by atoms with van der Waals surface area (Å²) >= 11 is 4.82. The van der Waals surface area contributed by atoms with Crippen molar-refractivity contribution in [2.75, 3.05) is 6.26 Å². The minimum absolute atomic E-state index is 0.0987. The lowest BCUT2D eigenvalue weighted by Gasteiger charge is -1.99. The van der Waals surface area contributed by atoms with Gasteiger partial charge in [-0.3, -0.25) is 4.79 Å². The summed E-state index contributed by atoms with van der Waals surface area (Å²) in [5.41, 5.74) is 0.639. The topological polar surface area (TPSA) is 30.2 Å². The van der Waals surface area contributed by atoms with Gasteiger partial charge in [0.05, 0.1) is 0 Å². The van der Waals surface area contributed by atoms with E-state index in [1.165, 1.54) is 0 Å². The minimum atomic E-state index is -0.0987. The Hall–Kier alpha value is -1.00. The number of carbonyl (C=O) groups is 1. The predicted octanol–water partition coefficient (Wildman–Crippen LogP) is 4.00. The molecular weight excluding hydrogens is 288 g/mol. The third kappa shape index (κ3) is 2.39. The molecule has 0 saturated carbocycles. The molecule has 0 N–H and O–H groups in total. The highest BCUT2D eigenvalue weighted by Crippen LogP contribution is 2.19. The van der Waals surface area contributed by atoms with Crippen LogP contribution >= 0.6 is 27.7 Å². The van der Waals surface area contributed by atoms with Crippen molar-refractivity contribution in [2.45, 2.75) is 4.90 Å². The van der Waals surface area contributed by atoms with Crippen molar-refractivity contribution in [3.63, 3.8) is 0 Å². The van der Waals surface area contributed by atoms with Crippen molar-refractivity contribution in [2.24, 2.45) is 0 Å². The lowest BCUT2D eigenvalue weighted by molar-refractivity contribution is 0.101. The highest BCUT2D eigenvalue weighted by molar-refractivity contribution is 9.10. The molecule has 0 aliphatic carbocycles. The van der Waals surface area contributed by atoms with E-state index in [0.29, 0.717) is 16.0 Å². The number of furan rings is 1. The molecule has 4 heteroatoms. The third-order valence-electron chi connectivity index (χ3n) is 2.15. The maximum Gasteiger partial charge on any atom is 0.228 e. The van der Waals surface area contributed by atoms with Crippen molar-refractivity contribution in [1.82, 2.24) is 0 Å². The molecule has 0 radical (unpaired) electrons. The van der Waals surface area contributed by atoms with Crippen molar-refractivity contribution in [3.05, 3.63) is 52.4 Å². The fourth-order valence-electron chi connectivity index (χ4n) is 1.32. The van der Waals surface area contributed by atoms with Crippen LogP contribution in [0.5, 0.6) is 0 Å². The fraction of sp³-hybridized carbons (Fsp3) is 0.0833. The van der Waals surface area contributed by atoms with Crippen LogP contribution in [-0.2, 0) is 0 Å². The van der Waals surface area contributed by atoms with Gasteiger partial charge in [-0.1, -0.05) is 0 Å². The van der Waals surface area contributed by atoms with Crippen LogP contribution in [0.3, 0.4) is 0 Å². The average molecular weight is 297 g/mol. The molecule has 0 aliphatic heterocycles. The van der Waals surface area contributed by atoms with Gasteiger partial charge in [0.15, 0.2) is 10.4 Å². The molecule has 1 aromatic heterocycles. The van der Waals surface area contributed by atoms with Crippen molar-refractivity contribution in [1.29, 1.82) is 0 Å². The van der Waals surface area contributed by atoms with E-state index in [-0.39, 0.29) is 5.78 Å². The Kier molecular flexibility index (Phi) is 3.51. The first-order valence-electron chi connectivity index (χ1n) is 4.65. The second-order valence-electron chi connectivity index (χ2n) is 3.16. The quantitative estimate of drug-likeness (QED) is 0.633. The Balaban J connectivity index is 2.27. The summed E-state index contributed by atoms with van der Waals surface area (Å²) in [4.78, 5) is 13.1. The molecule has 0 aliphatic rings. The zero-order chi connectivity index (χ0) is 11.5. The van der Waals surface area contributed by atoms with E-state index >= 15 is 0 Å². The molecule has 1 aromatic carbocycles. The second-order valence-corrected chi connectivity index (χ2v) is 4.82. The summed E-state index contributed by atoms with van der Waals surface area (Å²) in [6.45, 7) is 0. The molecular formula is C12H9BrO2S. The molecule has 0 spiro atoms. The van der Waals surface area contributed by atoms with E-state index in [9.17, 15) is 4.79 Å². The zero-order valence-corrected chi connectivity index (χ0v) is 11.0. The van der Waals surface area contributed by atoms with Gasteiger partial charge in [0, 0.05) is 10.5 Å². The summed E-state index contributed by atoms with van der Waals surface area (Å²) in [6.07, 6.45) is 2.00. The average Bonchev–Trinajstić information content (AvgIpc) is 2.75. The summed E-state index contributed by atoms with van der Waals surface area (Å²) < 4.78 is 5.78. The molecule has 0 bridgehead atoms. The van der Waals surface area contributed by atoms with Crippen LogP contribution in [0.15, 0.2) is 50.4 Å². The van der Waals surface area contributed by atoms with Gasteiger partial charge in [-0.05, 0) is 58.6 Å². The largest absolute Gasteiger partial charge is 0.446 e. The monoisotopic (exact) mass is 296 g/mol. The first kappa shape index (κ1) is 11.5. The Morgan fingerprint density at radius 1 is 1.19 bits per heavy atom. The fourth-order valence-corrected chi connectivity index (χ4v) is 2.04. The number of hydrogen-bond acceptors (Lipinski definition) is 3. The van der Waals surface area contributed by atoms with E-state index in [4.69, 9.17) is 4.42 Å². The van der Waals surface area contributed by atoms with Crippen LogP contribution in [0.25, 0.3) is 0 Å². The standard InChI is InChI=1S/C12H9BrO2S/c1-16-9-4-2-8(3-5-9)12(14)10-6-7-11(13)15-10/h2-7H,1H3.